The van der Waals surface area contributed by atoms with Crippen LogP contribution < -0.4 is 5.73 Å². The molecule has 2 fully saturated rings. The van der Waals surface area contributed by atoms with Crippen molar-refractivity contribution in [2.75, 3.05) is 0 Å². The van der Waals surface area contributed by atoms with Crippen molar-refractivity contribution in [3.05, 3.63) is 0 Å². The summed E-state index contributed by atoms with van der Waals surface area (Å²) in [4.78, 5) is 11.6. The Morgan fingerprint density at radius 1 is 1.29 bits per heavy atom. The van der Waals surface area contributed by atoms with E-state index in [4.69, 9.17) is 10.5 Å². The predicted molar refractivity (Wildman–Crippen MR) is 53.5 cm³/mol. The Kier molecular flexibility index (Phi) is 2.11. The largest absolute Gasteiger partial charge is 0.460 e. The van der Waals surface area contributed by atoms with Crippen LogP contribution in [-0.2, 0) is 9.53 Å². The first-order chi connectivity index (χ1) is 6.38. The third kappa shape index (κ3) is 2.08. The summed E-state index contributed by atoms with van der Waals surface area (Å²) in [6, 6.07) is 0.354. The molecule has 80 valence electrons. The van der Waals surface area contributed by atoms with Crippen molar-refractivity contribution < 1.29 is 9.53 Å². The Hall–Kier alpha value is -0.570. The zero-order valence-corrected chi connectivity index (χ0v) is 9.12. The van der Waals surface area contributed by atoms with Crippen LogP contribution in [0.2, 0.25) is 0 Å². The summed E-state index contributed by atoms with van der Waals surface area (Å²) in [6.45, 7) is 5.72. The minimum Gasteiger partial charge on any atom is -0.460 e. The summed E-state index contributed by atoms with van der Waals surface area (Å²) < 4.78 is 5.33. The van der Waals surface area contributed by atoms with Gasteiger partial charge in [0.15, 0.2) is 0 Å². The molecule has 2 aliphatic rings. The highest BCUT2D eigenvalue weighted by molar-refractivity contribution is 5.76. The second-order valence-electron chi connectivity index (χ2n) is 5.60. The van der Waals surface area contributed by atoms with E-state index in [2.05, 4.69) is 0 Å². The molecule has 14 heavy (non-hydrogen) atoms. The molecule has 0 saturated heterocycles. The van der Waals surface area contributed by atoms with Gasteiger partial charge in [-0.15, -0.1) is 0 Å². The van der Waals surface area contributed by atoms with Crippen molar-refractivity contribution in [3.63, 3.8) is 0 Å². The first kappa shape index (κ1) is 9.97. The zero-order chi connectivity index (χ0) is 10.5. The van der Waals surface area contributed by atoms with Crippen LogP contribution in [0.1, 0.15) is 33.6 Å². The molecule has 0 aromatic carbocycles. The van der Waals surface area contributed by atoms with Crippen LogP contribution >= 0.6 is 0 Å². The molecule has 0 spiro atoms. The third-order valence-corrected chi connectivity index (χ3v) is 2.99. The van der Waals surface area contributed by atoms with Gasteiger partial charge in [0.25, 0.3) is 0 Å². The van der Waals surface area contributed by atoms with Crippen molar-refractivity contribution in [1.82, 2.24) is 0 Å². The van der Waals surface area contributed by atoms with Crippen LogP contribution in [0.25, 0.3) is 0 Å². The Balaban J connectivity index is 1.79. The van der Waals surface area contributed by atoms with E-state index >= 15 is 0 Å². The summed E-state index contributed by atoms with van der Waals surface area (Å²) in [7, 11) is 0. The van der Waals surface area contributed by atoms with Gasteiger partial charge in [-0.1, -0.05) is 0 Å². The highest BCUT2D eigenvalue weighted by Gasteiger charge is 2.56. The lowest BCUT2D eigenvalue weighted by Crippen LogP contribution is -2.25. The van der Waals surface area contributed by atoms with E-state index in [0.717, 1.165) is 12.8 Å². The monoisotopic (exact) mass is 197 g/mol. The van der Waals surface area contributed by atoms with Crippen molar-refractivity contribution in [2.24, 2.45) is 23.5 Å². The van der Waals surface area contributed by atoms with Gasteiger partial charge in [0.2, 0.25) is 0 Å². The summed E-state index contributed by atoms with van der Waals surface area (Å²) in [5, 5.41) is 0. The Morgan fingerprint density at radius 2 is 1.86 bits per heavy atom. The number of ether oxygens (including phenoxy) is 1. The maximum atomic E-state index is 11.6. The van der Waals surface area contributed by atoms with Gasteiger partial charge in [0, 0.05) is 6.04 Å². The zero-order valence-electron chi connectivity index (χ0n) is 9.12. The summed E-state index contributed by atoms with van der Waals surface area (Å²) in [5.41, 5.74) is 5.39. The van der Waals surface area contributed by atoms with E-state index in [-0.39, 0.29) is 17.5 Å². The fraction of sp³-hybridized carbons (Fsp3) is 0.909. The van der Waals surface area contributed by atoms with E-state index in [0.29, 0.717) is 17.9 Å². The molecule has 0 unspecified atom stereocenters. The number of carbonyl (C=O) groups is 1. The highest BCUT2D eigenvalue weighted by atomic mass is 16.6. The molecule has 2 rings (SSSR count). The van der Waals surface area contributed by atoms with Crippen LogP contribution in [0, 0.1) is 17.8 Å². The summed E-state index contributed by atoms with van der Waals surface area (Å²) in [5.74, 6) is 1.25. The Morgan fingerprint density at radius 3 is 2.29 bits per heavy atom. The molecular weight excluding hydrogens is 178 g/mol. The van der Waals surface area contributed by atoms with E-state index in [1.54, 1.807) is 0 Å². The van der Waals surface area contributed by atoms with E-state index in [9.17, 15) is 4.79 Å². The van der Waals surface area contributed by atoms with Gasteiger partial charge in [-0.05, 0) is 45.4 Å². The quantitative estimate of drug-likeness (QED) is 0.679. The number of esters is 1. The van der Waals surface area contributed by atoms with E-state index < -0.39 is 0 Å². The van der Waals surface area contributed by atoms with Crippen LogP contribution in [0.4, 0.5) is 0 Å². The number of rotatable bonds is 2. The highest BCUT2D eigenvalue weighted by Crippen LogP contribution is 2.54. The standard InChI is InChI=1S/C11H19NO2/c1-11(2,3)14-10(13)8-4-6(8)7-5-9(7)12/h6-9H,4-5,12H2,1-3H3/t6-,7+,8-,9+/m1/s1. The fourth-order valence-electron chi connectivity index (χ4n) is 2.06. The van der Waals surface area contributed by atoms with Gasteiger partial charge in [-0.25, -0.2) is 0 Å². The van der Waals surface area contributed by atoms with Crippen molar-refractivity contribution in [1.29, 1.82) is 0 Å². The SMILES string of the molecule is CC(C)(C)OC(=O)[C@@H]1C[C@@H]1[C@@H]1C[C@@H]1N. The third-order valence-electron chi connectivity index (χ3n) is 2.99. The average molecular weight is 197 g/mol. The lowest BCUT2D eigenvalue weighted by Gasteiger charge is -2.19. The van der Waals surface area contributed by atoms with Crippen molar-refractivity contribution in [2.45, 2.75) is 45.3 Å². The first-order valence-corrected chi connectivity index (χ1v) is 5.37. The molecule has 3 nitrogen and oxygen atoms in total. The smallest absolute Gasteiger partial charge is 0.309 e. The van der Waals surface area contributed by atoms with Crippen LogP contribution in [0.5, 0.6) is 0 Å². The lowest BCUT2D eigenvalue weighted by atomic mass is 10.2. The molecule has 4 atom stereocenters. The number of carbonyl (C=O) groups excluding carboxylic acids is 1. The molecule has 2 N–H and O–H groups in total. The molecule has 0 heterocycles. The molecule has 2 aliphatic carbocycles. The summed E-state index contributed by atoms with van der Waals surface area (Å²) >= 11 is 0. The predicted octanol–water partition coefficient (Wildman–Crippen LogP) is 1.31. The van der Waals surface area contributed by atoms with Gasteiger partial charge >= 0.3 is 5.97 Å². The first-order valence-electron chi connectivity index (χ1n) is 5.37. The van der Waals surface area contributed by atoms with E-state index in [1.807, 2.05) is 20.8 Å². The lowest BCUT2D eigenvalue weighted by molar-refractivity contribution is -0.156. The minimum atomic E-state index is -0.351. The summed E-state index contributed by atoms with van der Waals surface area (Å²) in [6.07, 6.45) is 2.09. The number of hydrogen-bond acceptors (Lipinski definition) is 3. The Bertz CT molecular complexity index is 257. The maximum absolute atomic E-state index is 11.6. The van der Waals surface area contributed by atoms with Crippen LogP contribution in [0.3, 0.4) is 0 Å². The van der Waals surface area contributed by atoms with Gasteiger partial charge in [-0.3, -0.25) is 4.79 Å². The molecule has 2 saturated carbocycles. The van der Waals surface area contributed by atoms with Gasteiger partial charge in [-0.2, -0.15) is 0 Å². The molecule has 3 heteroatoms. The second-order valence-corrected chi connectivity index (χ2v) is 5.60. The van der Waals surface area contributed by atoms with Crippen LogP contribution in [-0.4, -0.2) is 17.6 Å². The fourth-order valence-corrected chi connectivity index (χ4v) is 2.06. The molecule has 0 aromatic rings. The molecule has 0 radical (unpaired) electrons. The van der Waals surface area contributed by atoms with Crippen molar-refractivity contribution >= 4 is 5.97 Å². The maximum Gasteiger partial charge on any atom is 0.309 e. The normalized spacial score (nSPS) is 40.6. The molecule has 0 amide bonds. The molecular formula is C11H19NO2. The second kappa shape index (κ2) is 2.96. The number of nitrogens with two attached hydrogens (primary N) is 1. The minimum absolute atomic E-state index is 0.0263. The topological polar surface area (TPSA) is 52.3 Å². The van der Waals surface area contributed by atoms with Crippen molar-refractivity contribution in [3.8, 4) is 0 Å². The Labute approximate surface area is 85.0 Å². The van der Waals surface area contributed by atoms with Crippen LogP contribution in [0.15, 0.2) is 0 Å². The number of hydrogen-bond donors (Lipinski definition) is 1. The average Bonchev–Trinajstić information content (AvgIpc) is 2.76. The van der Waals surface area contributed by atoms with E-state index in [1.165, 1.54) is 0 Å². The van der Waals surface area contributed by atoms with Gasteiger partial charge in [0.05, 0.1) is 5.92 Å². The molecule has 0 bridgehead atoms. The van der Waals surface area contributed by atoms with Gasteiger partial charge < -0.3 is 10.5 Å². The van der Waals surface area contributed by atoms with Gasteiger partial charge in [0.1, 0.15) is 5.60 Å². The molecule has 0 aromatic heterocycles. The molecule has 0 aliphatic heterocycles.